The van der Waals surface area contributed by atoms with Crippen LogP contribution in [0.25, 0.3) is 0 Å². The van der Waals surface area contributed by atoms with Crippen LogP contribution in [0.2, 0.25) is 0 Å². The largest absolute Gasteiger partial charge is 0.497 e. The predicted octanol–water partition coefficient (Wildman–Crippen LogP) is 3.66. The number of ether oxygens (including phenoxy) is 1. The van der Waals surface area contributed by atoms with Gasteiger partial charge in [0.2, 0.25) is 16.0 Å². The summed E-state index contributed by atoms with van der Waals surface area (Å²) in [6.45, 7) is 7.64. The van der Waals surface area contributed by atoms with Crippen molar-refractivity contribution in [2.24, 2.45) is 0 Å². The smallest absolute Gasteiger partial charge is 0.243 e. The van der Waals surface area contributed by atoms with Gasteiger partial charge in [-0.2, -0.15) is 9.29 Å². The molecule has 1 aromatic heterocycles. The summed E-state index contributed by atoms with van der Waals surface area (Å²) < 4.78 is 33.0. The summed E-state index contributed by atoms with van der Waals surface area (Å²) in [6.07, 6.45) is 0. The Kier molecular flexibility index (Phi) is 6.53. The molecule has 0 saturated carbocycles. The van der Waals surface area contributed by atoms with Crippen molar-refractivity contribution >= 4 is 27.5 Å². The van der Waals surface area contributed by atoms with Gasteiger partial charge in [0.25, 0.3) is 0 Å². The molecule has 0 bridgehead atoms. The second-order valence-corrected chi connectivity index (χ2v) is 10.1. The molecule has 1 fully saturated rings. The number of nitrogens with one attached hydrogen (secondary N) is 1. The second-order valence-electron chi connectivity index (χ2n) is 8.19. The molecule has 174 valence electrons. The Bertz CT molecular complexity index is 1240. The molecule has 2 aromatic carbocycles. The minimum Gasteiger partial charge on any atom is -0.497 e. The summed E-state index contributed by atoms with van der Waals surface area (Å²) in [5.74, 6) is 2.07. The van der Waals surface area contributed by atoms with Crippen molar-refractivity contribution in [1.29, 1.82) is 0 Å². The summed E-state index contributed by atoms with van der Waals surface area (Å²) in [6, 6.07) is 14.8. The van der Waals surface area contributed by atoms with Crippen LogP contribution in [-0.2, 0) is 10.0 Å². The maximum Gasteiger partial charge on any atom is 0.243 e. The first-order chi connectivity index (χ1) is 15.8. The van der Waals surface area contributed by atoms with E-state index in [1.807, 2.05) is 62.1 Å². The van der Waals surface area contributed by atoms with E-state index in [-0.39, 0.29) is 0 Å². The highest BCUT2D eigenvalue weighted by Crippen LogP contribution is 2.24. The normalized spacial score (nSPS) is 14.8. The summed E-state index contributed by atoms with van der Waals surface area (Å²) in [4.78, 5) is 11.6. The Labute approximate surface area is 195 Å². The summed E-state index contributed by atoms with van der Waals surface area (Å²) in [5.41, 5.74) is 3.78. The zero-order chi connectivity index (χ0) is 23.6. The molecule has 4 rings (SSSR count). The number of piperazine rings is 1. The quantitative estimate of drug-likeness (QED) is 0.592. The van der Waals surface area contributed by atoms with Crippen LogP contribution in [-0.4, -0.2) is 56.0 Å². The molecule has 2 heterocycles. The number of hydrogen-bond donors (Lipinski definition) is 1. The Morgan fingerprint density at radius 3 is 2.21 bits per heavy atom. The van der Waals surface area contributed by atoms with Gasteiger partial charge in [0.15, 0.2) is 0 Å². The highest BCUT2D eigenvalue weighted by Gasteiger charge is 2.29. The van der Waals surface area contributed by atoms with Crippen molar-refractivity contribution in [1.82, 2.24) is 14.3 Å². The number of hydrogen-bond acceptors (Lipinski definition) is 7. The Balaban J connectivity index is 1.46. The van der Waals surface area contributed by atoms with Crippen LogP contribution in [0.4, 0.5) is 17.5 Å². The van der Waals surface area contributed by atoms with E-state index in [1.165, 1.54) is 0 Å². The molecule has 0 spiro atoms. The van der Waals surface area contributed by atoms with Gasteiger partial charge in [0, 0.05) is 43.6 Å². The molecule has 8 nitrogen and oxygen atoms in total. The molecule has 0 aliphatic carbocycles. The zero-order valence-electron chi connectivity index (χ0n) is 19.4. The number of rotatable bonds is 6. The van der Waals surface area contributed by atoms with Crippen LogP contribution in [0.15, 0.2) is 53.4 Å². The van der Waals surface area contributed by atoms with E-state index in [4.69, 9.17) is 4.74 Å². The molecular formula is C24H29N5O3S. The Hall–Kier alpha value is -3.17. The van der Waals surface area contributed by atoms with Crippen molar-refractivity contribution in [3.63, 3.8) is 0 Å². The molecule has 0 atom stereocenters. The van der Waals surface area contributed by atoms with Crippen LogP contribution < -0.4 is 15.0 Å². The molecule has 0 unspecified atom stereocenters. The average Bonchev–Trinajstić information content (AvgIpc) is 2.81. The SMILES string of the molecule is COc1ccc(Nc2cc(C)nc(N3CCN(S(=O)(=O)c4ccc(C)c(C)c4)CC3)n2)cc1. The molecule has 1 saturated heterocycles. The number of anilines is 3. The monoisotopic (exact) mass is 467 g/mol. The molecular weight excluding hydrogens is 438 g/mol. The van der Waals surface area contributed by atoms with Gasteiger partial charge in [-0.1, -0.05) is 6.07 Å². The molecule has 3 aromatic rings. The van der Waals surface area contributed by atoms with Gasteiger partial charge >= 0.3 is 0 Å². The van der Waals surface area contributed by atoms with E-state index >= 15 is 0 Å². The number of aryl methyl sites for hydroxylation is 3. The molecule has 33 heavy (non-hydrogen) atoms. The maximum absolute atomic E-state index is 13.1. The van der Waals surface area contributed by atoms with Crippen molar-refractivity contribution in [3.8, 4) is 5.75 Å². The van der Waals surface area contributed by atoms with Crippen molar-refractivity contribution in [2.45, 2.75) is 25.7 Å². The van der Waals surface area contributed by atoms with Gasteiger partial charge in [0.1, 0.15) is 11.6 Å². The van der Waals surface area contributed by atoms with E-state index in [0.717, 1.165) is 28.3 Å². The molecule has 0 radical (unpaired) electrons. The van der Waals surface area contributed by atoms with Crippen LogP contribution in [0, 0.1) is 20.8 Å². The molecule has 0 amide bonds. The lowest BCUT2D eigenvalue weighted by Gasteiger charge is -2.34. The fourth-order valence-electron chi connectivity index (χ4n) is 3.73. The van der Waals surface area contributed by atoms with E-state index in [0.29, 0.717) is 42.8 Å². The number of sulfonamides is 1. The lowest BCUT2D eigenvalue weighted by Crippen LogP contribution is -2.49. The van der Waals surface area contributed by atoms with Crippen molar-refractivity contribution in [3.05, 3.63) is 65.4 Å². The minimum absolute atomic E-state index is 0.344. The first kappa shape index (κ1) is 23.0. The number of methoxy groups -OCH3 is 1. The van der Waals surface area contributed by atoms with E-state index < -0.39 is 10.0 Å². The van der Waals surface area contributed by atoms with Gasteiger partial charge < -0.3 is 15.0 Å². The third-order valence-corrected chi connectivity index (χ3v) is 7.74. The fourth-order valence-corrected chi connectivity index (χ4v) is 5.24. The predicted molar refractivity (Wildman–Crippen MR) is 130 cm³/mol. The minimum atomic E-state index is -3.53. The van der Waals surface area contributed by atoms with Crippen LogP contribution >= 0.6 is 0 Å². The number of nitrogens with zero attached hydrogens (tertiary/aromatic N) is 4. The topological polar surface area (TPSA) is 87.7 Å². The second kappa shape index (κ2) is 9.36. The standard InChI is InChI=1S/C24H29N5O3S/c1-17-5-10-22(15-18(17)2)33(30,31)29-13-11-28(12-14-29)24-25-19(3)16-23(27-24)26-20-6-8-21(32-4)9-7-20/h5-10,15-16H,11-14H2,1-4H3,(H,25,26,27). The summed E-state index contributed by atoms with van der Waals surface area (Å²) in [7, 11) is -1.89. The molecule has 9 heteroatoms. The Morgan fingerprint density at radius 1 is 0.879 bits per heavy atom. The van der Waals surface area contributed by atoms with E-state index in [9.17, 15) is 8.42 Å². The first-order valence-corrected chi connectivity index (χ1v) is 12.3. The molecule has 1 N–H and O–H groups in total. The maximum atomic E-state index is 13.1. The van der Waals surface area contributed by atoms with Crippen molar-refractivity contribution < 1.29 is 13.2 Å². The highest BCUT2D eigenvalue weighted by atomic mass is 32.2. The average molecular weight is 468 g/mol. The summed E-state index contributed by atoms with van der Waals surface area (Å²) in [5, 5.41) is 3.30. The van der Waals surface area contributed by atoms with Gasteiger partial charge in [-0.3, -0.25) is 0 Å². The van der Waals surface area contributed by atoms with Gasteiger partial charge in [-0.25, -0.2) is 13.4 Å². The summed E-state index contributed by atoms with van der Waals surface area (Å²) >= 11 is 0. The van der Waals surface area contributed by atoms with Crippen LogP contribution in [0.3, 0.4) is 0 Å². The third-order valence-electron chi connectivity index (χ3n) is 5.84. The Morgan fingerprint density at radius 2 is 1.58 bits per heavy atom. The molecule has 1 aliphatic rings. The highest BCUT2D eigenvalue weighted by molar-refractivity contribution is 7.89. The van der Waals surface area contributed by atoms with Crippen LogP contribution in [0.1, 0.15) is 16.8 Å². The molecule has 1 aliphatic heterocycles. The van der Waals surface area contributed by atoms with E-state index in [1.54, 1.807) is 23.5 Å². The van der Waals surface area contributed by atoms with Gasteiger partial charge in [-0.15, -0.1) is 0 Å². The lowest BCUT2D eigenvalue weighted by molar-refractivity contribution is 0.382. The van der Waals surface area contributed by atoms with Gasteiger partial charge in [-0.05, 0) is 68.3 Å². The van der Waals surface area contributed by atoms with E-state index in [2.05, 4.69) is 15.3 Å². The van der Waals surface area contributed by atoms with Crippen molar-refractivity contribution in [2.75, 3.05) is 43.5 Å². The van der Waals surface area contributed by atoms with Gasteiger partial charge in [0.05, 0.1) is 12.0 Å². The number of benzene rings is 2. The zero-order valence-corrected chi connectivity index (χ0v) is 20.2. The third kappa shape index (κ3) is 5.09. The number of aromatic nitrogens is 2. The fraction of sp³-hybridized carbons (Fsp3) is 0.333. The van der Waals surface area contributed by atoms with Crippen LogP contribution in [0.5, 0.6) is 5.75 Å². The first-order valence-electron chi connectivity index (χ1n) is 10.9. The lowest BCUT2D eigenvalue weighted by atomic mass is 10.1.